The van der Waals surface area contributed by atoms with Gasteiger partial charge in [0.25, 0.3) is 0 Å². The van der Waals surface area contributed by atoms with Crippen LogP contribution in [0.4, 0.5) is 0 Å². The first-order chi connectivity index (χ1) is 8.81. The summed E-state index contributed by atoms with van der Waals surface area (Å²) in [5.74, 6) is 1.77. The van der Waals surface area contributed by atoms with Gasteiger partial charge in [0.05, 0.1) is 19.4 Å². The van der Waals surface area contributed by atoms with Crippen molar-refractivity contribution in [2.45, 2.75) is 17.3 Å². The zero-order chi connectivity index (χ0) is 12.8. The van der Waals surface area contributed by atoms with E-state index in [0.717, 1.165) is 16.4 Å². The highest BCUT2D eigenvalue weighted by Gasteiger charge is 1.98. The van der Waals surface area contributed by atoms with Gasteiger partial charge in [-0.15, -0.1) is 11.8 Å². The second kappa shape index (κ2) is 6.42. The van der Waals surface area contributed by atoms with Crippen LogP contribution in [-0.2, 0) is 12.4 Å². The van der Waals surface area contributed by atoms with E-state index in [4.69, 9.17) is 9.84 Å². The van der Waals surface area contributed by atoms with Gasteiger partial charge in [0.2, 0.25) is 0 Å². The summed E-state index contributed by atoms with van der Waals surface area (Å²) in [7, 11) is 1.66. The largest absolute Gasteiger partial charge is 0.497 e. The predicted molar refractivity (Wildman–Crippen MR) is 72.7 cm³/mol. The van der Waals surface area contributed by atoms with Crippen molar-refractivity contribution < 1.29 is 9.84 Å². The molecule has 2 aromatic rings. The number of aliphatic hydroxyl groups excluding tert-OH is 1. The summed E-state index contributed by atoms with van der Waals surface area (Å²) in [6.45, 7) is -0.0105. The smallest absolute Gasteiger partial charge is 0.118 e. The van der Waals surface area contributed by atoms with Crippen LogP contribution in [0.15, 0.2) is 47.5 Å². The van der Waals surface area contributed by atoms with Crippen LogP contribution in [-0.4, -0.2) is 17.2 Å². The number of hydrogen-bond acceptors (Lipinski definition) is 4. The van der Waals surface area contributed by atoms with E-state index in [1.54, 1.807) is 25.1 Å². The second-order valence-corrected chi connectivity index (χ2v) is 4.83. The van der Waals surface area contributed by atoms with Crippen LogP contribution < -0.4 is 4.74 Å². The Morgan fingerprint density at radius 1 is 1.17 bits per heavy atom. The summed E-state index contributed by atoms with van der Waals surface area (Å²) in [6, 6.07) is 11.9. The van der Waals surface area contributed by atoms with Gasteiger partial charge in [0, 0.05) is 16.8 Å². The maximum atomic E-state index is 8.90. The fourth-order valence-corrected chi connectivity index (χ4v) is 2.30. The Morgan fingerprint density at radius 2 is 1.94 bits per heavy atom. The van der Waals surface area contributed by atoms with Gasteiger partial charge < -0.3 is 9.84 Å². The number of nitrogens with zero attached hydrogens (tertiary/aromatic N) is 1. The van der Waals surface area contributed by atoms with Crippen LogP contribution in [0.2, 0.25) is 0 Å². The first-order valence-corrected chi connectivity index (χ1v) is 6.62. The van der Waals surface area contributed by atoms with Crippen molar-refractivity contribution >= 4 is 11.8 Å². The first-order valence-electron chi connectivity index (χ1n) is 5.63. The second-order valence-electron chi connectivity index (χ2n) is 3.78. The number of ether oxygens (including phenoxy) is 1. The van der Waals surface area contributed by atoms with Crippen LogP contribution in [0.1, 0.15) is 11.3 Å². The number of aliphatic hydroxyl groups is 1. The molecule has 0 atom stereocenters. The quantitative estimate of drug-likeness (QED) is 0.840. The lowest BCUT2D eigenvalue weighted by molar-refractivity contribution is 0.276. The third kappa shape index (κ3) is 3.48. The molecule has 0 bridgehead atoms. The molecule has 18 heavy (non-hydrogen) atoms. The number of rotatable bonds is 5. The van der Waals surface area contributed by atoms with Crippen molar-refractivity contribution in [2.24, 2.45) is 0 Å². The molecule has 4 heteroatoms. The SMILES string of the molecule is COc1ccc(CSc2ccc(CO)nc2)cc1. The Balaban J connectivity index is 1.93. The molecule has 0 spiro atoms. The molecule has 0 unspecified atom stereocenters. The lowest BCUT2D eigenvalue weighted by atomic mass is 10.2. The van der Waals surface area contributed by atoms with E-state index in [-0.39, 0.29) is 6.61 Å². The fraction of sp³-hybridized carbons (Fsp3) is 0.214. The third-order valence-corrected chi connectivity index (χ3v) is 3.58. The average molecular weight is 261 g/mol. The fourth-order valence-electron chi connectivity index (χ4n) is 1.48. The van der Waals surface area contributed by atoms with Gasteiger partial charge in [-0.05, 0) is 29.8 Å². The molecule has 1 aromatic carbocycles. The molecule has 0 radical (unpaired) electrons. The molecule has 2 rings (SSSR count). The summed E-state index contributed by atoms with van der Waals surface area (Å²) >= 11 is 1.72. The normalized spacial score (nSPS) is 10.3. The number of aromatic nitrogens is 1. The molecule has 1 aromatic heterocycles. The molecule has 0 fully saturated rings. The van der Waals surface area contributed by atoms with E-state index in [1.165, 1.54) is 5.56 Å². The molecule has 1 heterocycles. The van der Waals surface area contributed by atoms with Crippen molar-refractivity contribution in [3.05, 3.63) is 53.9 Å². The van der Waals surface area contributed by atoms with Gasteiger partial charge in [-0.1, -0.05) is 12.1 Å². The van der Waals surface area contributed by atoms with Gasteiger partial charge in [-0.3, -0.25) is 4.98 Å². The van der Waals surface area contributed by atoms with Gasteiger partial charge in [-0.2, -0.15) is 0 Å². The standard InChI is InChI=1S/C14H15NO2S/c1-17-13-5-2-11(3-6-13)10-18-14-7-4-12(9-16)15-8-14/h2-8,16H,9-10H2,1H3. The van der Waals surface area contributed by atoms with Crippen molar-refractivity contribution in [3.63, 3.8) is 0 Å². The highest BCUT2D eigenvalue weighted by Crippen LogP contribution is 2.23. The molecular weight excluding hydrogens is 246 g/mol. The molecule has 1 N–H and O–H groups in total. The molecule has 0 saturated carbocycles. The lowest BCUT2D eigenvalue weighted by Gasteiger charge is -2.04. The van der Waals surface area contributed by atoms with E-state index in [0.29, 0.717) is 5.69 Å². The van der Waals surface area contributed by atoms with Crippen LogP contribution in [0.3, 0.4) is 0 Å². The van der Waals surface area contributed by atoms with E-state index in [9.17, 15) is 0 Å². The van der Waals surface area contributed by atoms with E-state index in [1.807, 2.05) is 24.3 Å². The highest BCUT2D eigenvalue weighted by molar-refractivity contribution is 7.98. The number of benzene rings is 1. The molecule has 94 valence electrons. The average Bonchev–Trinajstić information content (AvgIpc) is 2.46. The number of hydrogen-bond donors (Lipinski definition) is 1. The van der Waals surface area contributed by atoms with Crippen LogP contribution in [0.25, 0.3) is 0 Å². The van der Waals surface area contributed by atoms with E-state index in [2.05, 4.69) is 17.1 Å². The summed E-state index contributed by atoms with van der Waals surface area (Å²) in [5.41, 5.74) is 1.94. The number of methoxy groups -OCH3 is 1. The zero-order valence-corrected chi connectivity index (χ0v) is 11.0. The molecule has 0 aliphatic rings. The Hall–Kier alpha value is -1.52. The van der Waals surface area contributed by atoms with Crippen molar-refractivity contribution in [3.8, 4) is 5.75 Å². The van der Waals surface area contributed by atoms with E-state index >= 15 is 0 Å². The van der Waals surface area contributed by atoms with Crippen molar-refractivity contribution in [2.75, 3.05) is 7.11 Å². The lowest BCUT2D eigenvalue weighted by Crippen LogP contribution is -1.88. The maximum Gasteiger partial charge on any atom is 0.118 e. The highest BCUT2D eigenvalue weighted by atomic mass is 32.2. The molecule has 3 nitrogen and oxygen atoms in total. The Labute approximate surface area is 111 Å². The third-order valence-electron chi connectivity index (χ3n) is 2.52. The topological polar surface area (TPSA) is 42.4 Å². The number of thioether (sulfide) groups is 1. The number of pyridine rings is 1. The Kier molecular flexibility index (Phi) is 4.61. The Morgan fingerprint density at radius 3 is 2.50 bits per heavy atom. The molecule has 0 aliphatic heterocycles. The van der Waals surface area contributed by atoms with Crippen LogP contribution in [0, 0.1) is 0 Å². The molecule has 0 saturated heterocycles. The molecule has 0 aliphatic carbocycles. The van der Waals surface area contributed by atoms with Crippen molar-refractivity contribution in [1.82, 2.24) is 4.98 Å². The molecule has 0 amide bonds. The summed E-state index contributed by atoms with van der Waals surface area (Å²) in [6.07, 6.45) is 1.79. The van der Waals surface area contributed by atoms with Gasteiger partial charge in [-0.25, -0.2) is 0 Å². The zero-order valence-electron chi connectivity index (χ0n) is 10.2. The van der Waals surface area contributed by atoms with E-state index < -0.39 is 0 Å². The van der Waals surface area contributed by atoms with Gasteiger partial charge in [0.1, 0.15) is 5.75 Å². The minimum Gasteiger partial charge on any atom is -0.497 e. The molecular formula is C14H15NO2S. The minimum absolute atomic E-state index is 0.0105. The predicted octanol–water partition coefficient (Wildman–Crippen LogP) is 2.87. The van der Waals surface area contributed by atoms with Crippen molar-refractivity contribution in [1.29, 1.82) is 0 Å². The summed E-state index contributed by atoms with van der Waals surface area (Å²) in [4.78, 5) is 5.25. The Bertz CT molecular complexity index is 435. The summed E-state index contributed by atoms with van der Waals surface area (Å²) in [5, 5.41) is 8.90. The van der Waals surface area contributed by atoms with Crippen LogP contribution >= 0.6 is 11.8 Å². The minimum atomic E-state index is -0.0105. The first kappa shape index (κ1) is 12.9. The van der Waals surface area contributed by atoms with Crippen LogP contribution in [0.5, 0.6) is 5.75 Å². The van der Waals surface area contributed by atoms with Gasteiger partial charge >= 0.3 is 0 Å². The monoisotopic (exact) mass is 261 g/mol. The van der Waals surface area contributed by atoms with Gasteiger partial charge in [0.15, 0.2) is 0 Å². The maximum absolute atomic E-state index is 8.90. The summed E-state index contributed by atoms with van der Waals surface area (Å²) < 4.78 is 5.12.